The first kappa shape index (κ1) is 25.3. The van der Waals surface area contributed by atoms with E-state index in [0.717, 1.165) is 65.4 Å². The molecule has 1 amide bonds. The van der Waals surface area contributed by atoms with E-state index in [1.165, 1.54) is 5.56 Å². The normalized spacial score (nSPS) is 17.9. The fourth-order valence-corrected chi connectivity index (χ4v) is 5.13. The molecule has 1 atom stereocenters. The number of morpholine rings is 1. The third-order valence-electron chi connectivity index (χ3n) is 6.67. The van der Waals surface area contributed by atoms with E-state index in [4.69, 9.17) is 14.8 Å². The maximum Gasteiger partial charge on any atom is 0.303 e. The molecule has 2 aliphatic rings. The van der Waals surface area contributed by atoms with Gasteiger partial charge < -0.3 is 15.2 Å². The van der Waals surface area contributed by atoms with E-state index < -0.39 is 11.9 Å². The van der Waals surface area contributed by atoms with E-state index in [0.29, 0.717) is 12.1 Å². The van der Waals surface area contributed by atoms with Crippen LogP contribution in [0, 0.1) is 0 Å². The summed E-state index contributed by atoms with van der Waals surface area (Å²) in [6.07, 6.45) is 0.453. The number of carboxylic acids is 1. The number of carbonyl (C=O) groups is 2. The van der Waals surface area contributed by atoms with Gasteiger partial charge in [-0.05, 0) is 59.0 Å². The van der Waals surface area contributed by atoms with E-state index in [1.807, 2.05) is 54.6 Å². The Balaban J connectivity index is 1.50. The molecule has 37 heavy (non-hydrogen) atoms. The quantitative estimate of drug-likeness (QED) is 0.371. The maximum atomic E-state index is 13.2. The van der Waals surface area contributed by atoms with Crippen molar-refractivity contribution in [3.8, 4) is 0 Å². The van der Waals surface area contributed by atoms with Crippen molar-refractivity contribution in [1.82, 2.24) is 4.90 Å². The summed E-state index contributed by atoms with van der Waals surface area (Å²) in [5, 5.41) is 12.1. The number of aryl methyl sites for hydroxylation is 1. The van der Waals surface area contributed by atoms with E-state index >= 15 is 0 Å². The van der Waals surface area contributed by atoms with Crippen molar-refractivity contribution in [2.24, 2.45) is 4.99 Å². The molecule has 3 aromatic carbocycles. The Morgan fingerprint density at radius 3 is 2.59 bits per heavy atom. The number of fused-ring (bicyclic) bond motifs is 1. The minimum Gasteiger partial charge on any atom is -0.481 e. The molecule has 2 aliphatic heterocycles. The predicted molar refractivity (Wildman–Crippen MR) is 147 cm³/mol. The van der Waals surface area contributed by atoms with Gasteiger partial charge in [-0.3, -0.25) is 19.5 Å². The zero-order chi connectivity index (χ0) is 25.8. The fraction of sp³-hybridized carbons (Fsp3) is 0.276. The van der Waals surface area contributed by atoms with Crippen LogP contribution in [0.25, 0.3) is 0 Å². The Kier molecular flexibility index (Phi) is 7.79. The predicted octanol–water partition coefficient (Wildman–Crippen LogP) is 5.16. The molecule has 1 fully saturated rings. The molecule has 0 aliphatic carbocycles. The van der Waals surface area contributed by atoms with E-state index in [9.17, 15) is 9.59 Å². The summed E-state index contributed by atoms with van der Waals surface area (Å²) < 4.78 is 6.33. The lowest BCUT2D eigenvalue weighted by Crippen LogP contribution is -2.35. The molecule has 1 unspecified atom stereocenters. The summed E-state index contributed by atoms with van der Waals surface area (Å²) in [6.45, 7) is 4.24. The highest BCUT2D eigenvalue weighted by Gasteiger charge is 2.35. The average molecular weight is 562 g/mol. The van der Waals surface area contributed by atoms with E-state index in [-0.39, 0.29) is 12.3 Å². The van der Waals surface area contributed by atoms with Gasteiger partial charge in [0.25, 0.3) is 0 Å². The van der Waals surface area contributed by atoms with Crippen molar-refractivity contribution in [2.75, 3.05) is 31.6 Å². The van der Waals surface area contributed by atoms with Crippen LogP contribution in [-0.2, 0) is 27.3 Å². The number of rotatable bonds is 8. The van der Waals surface area contributed by atoms with Gasteiger partial charge >= 0.3 is 5.97 Å². The zero-order valence-electron chi connectivity index (χ0n) is 20.3. The number of nitrogens with zero attached hydrogens (tertiary/aromatic N) is 2. The second kappa shape index (κ2) is 11.4. The first-order valence-electron chi connectivity index (χ1n) is 12.4. The minimum absolute atomic E-state index is 0.0430. The van der Waals surface area contributed by atoms with Gasteiger partial charge in [-0.2, -0.15) is 0 Å². The van der Waals surface area contributed by atoms with Crippen LogP contribution in [-0.4, -0.2) is 53.9 Å². The molecule has 2 heterocycles. The Morgan fingerprint density at radius 1 is 1.05 bits per heavy atom. The number of halogens is 1. The number of hydrogen-bond donors (Lipinski definition) is 2. The first-order valence-corrected chi connectivity index (χ1v) is 13.1. The standard InChI is InChI=1S/C29H28BrN3O4/c30-22-7-10-24-25(17-22)32-29(36)27(24)28(21-3-1-2-19(16-21)6-11-26(34)35)31-23-8-4-20(5-9-23)18-33-12-14-37-15-13-33/h1-5,7-10,16-17,27H,6,11-15,18H2,(H,32,36)(H,34,35). The van der Waals surface area contributed by atoms with Gasteiger partial charge in [0.15, 0.2) is 0 Å². The summed E-state index contributed by atoms with van der Waals surface area (Å²) in [6, 6.07) is 21.6. The number of aliphatic imine (C=N–C) groups is 1. The molecule has 0 radical (unpaired) electrons. The first-order chi connectivity index (χ1) is 18.0. The maximum absolute atomic E-state index is 13.2. The van der Waals surface area contributed by atoms with Crippen LogP contribution >= 0.6 is 15.9 Å². The van der Waals surface area contributed by atoms with Crippen LogP contribution in [0.3, 0.4) is 0 Å². The average Bonchev–Trinajstić information content (AvgIpc) is 3.22. The summed E-state index contributed by atoms with van der Waals surface area (Å²) in [5.74, 6) is -1.55. The van der Waals surface area contributed by atoms with Crippen LogP contribution in [0.2, 0.25) is 0 Å². The van der Waals surface area contributed by atoms with Gasteiger partial charge in [-0.25, -0.2) is 0 Å². The number of benzene rings is 3. The lowest BCUT2D eigenvalue weighted by molar-refractivity contribution is -0.137. The Morgan fingerprint density at radius 2 is 1.84 bits per heavy atom. The van der Waals surface area contributed by atoms with Crippen molar-refractivity contribution in [3.63, 3.8) is 0 Å². The van der Waals surface area contributed by atoms with Gasteiger partial charge in [0, 0.05) is 36.2 Å². The van der Waals surface area contributed by atoms with Gasteiger partial charge in [-0.15, -0.1) is 0 Å². The van der Waals surface area contributed by atoms with Crippen molar-refractivity contribution in [2.45, 2.75) is 25.3 Å². The number of aliphatic carboxylic acids is 1. The summed E-state index contributed by atoms with van der Waals surface area (Å²) in [7, 11) is 0. The van der Waals surface area contributed by atoms with Crippen LogP contribution < -0.4 is 5.32 Å². The lowest BCUT2D eigenvalue weighted by atomic mass is 9.89. The molecule has 3 aromatic rings. The Bertz CT molecular complexity index is 1330. The summed E-state index contributed by atoms with van der Waals surface area (Å²) in [4.78, 5) is 31.7. The minimum atomic E-state index is -0.842. The Labute approximate surface area is 224 Å². The topological polar surface area (TPSA) is 91.2 Å². The van der Waals surface area contributed by atoms with Crippen molar-refractivity contribution in [3.05, 3.63) is 93.5 Å². The molecule has 0 aromatic heterocycles. The smallest absolute Gasteiger partial charge is 0.303 e. The van der Waals surface area contributed by atoms with Gasteiger partial charge in [-0.1, -0.05) is 52.3 Å². The third kappa shape index (κ3) is 6.15. The highest BCUT2D eigenvalue weighted by molar-refractivity contribution is 9.10. The van der Waals surface area contributed by atoms with E-state index in [1.54, 1.807) is 0 Å². The molecule has 1 saturated heterocycles. The number of nitrogens with one attached hydrogen (secondary N) is 1. The number of anilines is 1. The second-order valence-electron chi connectivity index (χ2n) is 9.30. The summed E-state index contributed by atoms with van der Waals surface area (Å²) >= 11 is 3.48. The molecule has 190 valence electrons. The zero-order valence-corrected chi connectivity index (χ0v) is 21.9. The summed E-state index contributed by atoms with van der Waals surface area (Å²) in [5.41, 5.74) is 5.92. The van der Waals surface area contributed by atoms with Crippen molar-refractivity contribution < 1.29 is 19.4 Å². The molecule has 0 spiro atoms. The molecule has 5 rings (SSSR count). The number of ether oxygens (including phenoxy) is 1. The van der Waals surface area contributed by atoms with Crippen LogP contribution in [0.15, 0.2) is 76.2 Å². The number of hydrogen-bond acceptors (Lipinski definition) is 5. The number of carboxylic acid groups (broad SMARTS) is 1. The Hall–Kier alpha value is -3.33. The lowest BCUT2D eigenvalue weighted by Gasteiger charge is -2.26. The number of carbonyl (C=O) groups excluding carboxylic acids is 1. The van der Waals surface area contributed by atoms with Gasteiger partial charge in [0.1, 0.15) is 5.92 Å². The van der Waals surface area contributed by atoms with Crippen LogP contribution in [0.5, 0.6) is 0 Å². The van der Waals surface area contributed by atoms with Crippen molar-refractivity contribution in [1.29, 1.82) is 0 Å². The third-order valence-corrected chi connectivity index (χ3v) is 7.16. The monoisotopic (exact) mass is 561 g/mol. The highest BCUT2D eigenvalue weighted by Crippen LogP contribution is 2.38. The molecular formula is C29H28BrN3O4. The molecule has 7 nitrogen and oxygen atoms in total. The van der Waals surface area contributed by atoms with E-state index in [2.05, 4.69) is 38.3 Å². The molecule has 8 heteroatoms. The molecule has 2 N–H and O–H groups in total. The van der Waals surface area contributed by atoms with Gasteiger partial charge in [0.2, 0.25) is 5.91 Å². The largest absolute Gasteiger partial charge is 0.481 e. The van der Waals surface area contributed by atoms with Crippen molar-refractivity contribution >= 4 is 44.9 Å². The van der Waals surface area contributed by atoms with Crippen LogP contribution in [0.1, 0.15) is 34.6 Å². The second-order valence-corrected chi connectivity index (χ2v) is 10.2. The SMILES string of the molecule is O=C(O)CCc1cccc(C(=Nc2ccc(CN3CCOCC3)cc2)C2C(=O)Nc3cc(Br)ccc32)c1. The van der Waals surface area contributed by atoms with Crippen LogP contribution in [0.4, 0.5) is 11.4 Å². The number of amides is 1. The molecule has 0 bridgehead atoms. The molecular weight excluding hydrogens is 534 g/mol. The fourth-order valence-electron chi connectivity index (χ4n) is 4.77. The molecule has 0 saturated carbocycles. The van der Waals surface area contributed by atoms with Gasteiger partial charge in [0.05, 0.1) is 24.6 Å². The highest BCUT2D eigenvalue weighted by atomic mass is 79.9.